The van der Waals surface area contributed by atoms with Crippen molar-refractivity contribution in [3.05, 3.63) is 0 Å². The Morgan fingerprint density at radius 2 is 1.30 bits per heavy atom. The Hall–Kier alpha value is -0.280. The molecule has 6 aliphatic heterocycles. The van der Waals surface area contributed by atoms with Gasteiger partial charge in [-0.15, -0.1) is 0 Å². The third-order valence-electron chi connectivity index (χ3n) is 11.3. The van der Waals surface area contributed by atoms with Crippen LogP contribution in [0, 0.1) is 5.92 Å². The van der Waals surface area contributed by atoms with Gasteiger partial charge in [0.05, 0.1) is 52.9 Å². The van der Waals surface area contributed by atoms with Gasteiger partial charge in [-0.25, -0.2) is 0 Å². The van der Waals surface area contributed by atoms with Gasteiger partial charge in [0.2, 0.25) is 0 Å². The topological polar surface area (TPSA) is 75.6 Å². The predicted octanol–water partition coefficient (Wildman–Crippen LogP) is 5.05. The Balaban J connectivity index is 1.11. The van der Waals surface area contributed by atoms with Crippen molar-refractivity contribution >= 4 is 0 Å². The number of ether oxygens (including phenoxy) is 6. The molecule has 6 saturated heterocycles. The lowest BCUT2D eigenvalue weighted by Crippen LogP contribution is -2.64. The summed E-state index contributed by atoms with van der Waals surface area (Å²) in [5.74, 6) is -0.555. The minimum Gasteiger partial charge on any atom is -0.396 e. The summed E-state index contributed by atoms with van der Waals surface area (Å²) >= 11 is 0. The highest BCUT2D eigenvalue weighted by Gasteiger charge is 2.69. The maximum absolute atomic E-state index is 9.59. The number of aliphatic hydroxyl groups excluding tert-OH is 1. The zero-order chi connectivity index (χ0) is 26.5. The molecular weight excluding hydrogens is 472 g/mol. The van der Waals surface area contributed by atoms with E-state index in [0.717, 1.165) is 64.2 Å². The van der Waals surface area contributed by atoms with E-state index in [4.69, 9.17) is 28.4 Å². The summed E-state index contributed by atoms with van der Waals surface area (Å²) in [5, 5.41) is 9.59. The van der Waals surface area contributed by atoms with Gasteiger partial charge in [-0.2, -0.15) is 0 Å². The summed E-state index contributed by atoms with van der Waals surface area (Å²) in [6, 6.07) is 0. The Kier molecular flexibility index (Phi) is 6.26. The van der Waals surface area contributed by atoms with Gasteiger partial charge in [-0.05, 0) is 99.3 Å². The summed E-state index contributed by atoms with van der Waals surface area (Å²) in [6.45, 7) is 15.3. The van der Waals surface area contributed by atoms with Crippen molar-refractivity contribution in [2.75, 3.05) is 6.61 Å². The zero-order valence-electron chi connectivity index (χ0n) is 24.1. The maximum Gasteiger partial charge on any atom is 0.198 e. The molecule has 7 nitrogen and oxygen atoms in total. The molecule has 7 heteroatoms. The zero-order valence-corrected chi connectivity index (χ0v) is 24.1. The molecule has 0 aliphatic carbocycles. The smallest absolute Gasteiger partial charge is 0.198 e. The van der Waals surface area contributed by atoms with Crippen molar-refractivity contribution in [2.24, 2.45) is 5.92 Å². The summed E-state index contributed by atoms with van der Waals surface area (Å²) < 4.78 is 40.5. The molecule has 0 aromatic rings. The Morgan fingerprint density at radius 3 is 2.03 bits per heavy atom. The van der Waals surface area contributed by atoms with E-state index >= 15 is 0 Å². The Labute approximate surface area is 223 Å². The first-order valence-electron chi connectivity index (χ1n) is 15.0. The van der Waals surface area contributed by atoms with Crippen molar-refractivity contribution in [1.29, 1.82) is 0 Å². The summed E-state index contributed by atoms with van der Waals surface area (Å²) in [5.41, 5.74) is -1.78. The molecule has 0 aromatic carbocycles. The summed E-state index contributed by atoms with van der Waals surface area (Å²) in [4.78, 5) is 0. The van der Waals surface area contributed by atoms with Gasteiger partial charge in [0.15, 0.2) is 5.79 Å². The van der Waals surface area contributed by atoms with Crippen molar-refractivity contribution < 1.29 is 33.5 Å². The summed E-state index contributed by atoms with van der Waals surface area (Å²) in [7, 11) is 0. The third kappa shape index (κ3) is 4.08. The van der Waals surface area contributed by atoms with Crippen LogP contribution in [0.15, 0.2) is 0 Å². The molecule has 1 N–H and O–H groups in total. The standard InChI is InChI=1S/C30H50O7/c1-19(18-31)20-10-13-27(5,33-20)24-11-14-26(4,34-24)22-8-9-23(32-22)28(6)16-17-30(37-28)29(7)15-12-21(35-29)25(2,3)36-30/h19-24,31H,8-18H2,1-7H3/t19?,20-,21+,22?,23-,24+,26-,27+,28-,29-,30+/m0/s1. The molecule has 2 bridgehead atoms. The number of aliphatic hydroxyl groups is 1. The van der Waals surface area contributed by atoms with E-state index in [2.05, 4.69) is 48.5 Å². The van der Waals surface area contributed by atoms with Crippen LogP contribution in [0.2, 0.25) is 0 Å². The second-order valence-electron chi connectivity index (χ2n) is 14.6. The lowest BCUT2D eigenvalue weighted by Gasteiger charge is -2.53. The molecular formula is C30H50O7. The van der Waals surface area contributed by atoms with Gasteiger partial charge in [0.25, 0.3) is 0 Å². The van der Waals surface area contributed by atoms with Crippen molar-refractivity contribution in [1.82, 2.24) is 0 Å². The van der Waals surface area contributed by atoms with Gasteiger partial charge in [0, 0.05) is 18.9 Å². The van der Waals surface area contributed by atoms with Crippen LogP contribution in [0.3, 0.4) is 0 Å². The van der Waals surface area contributed by atoms with E-state index in [9.17, 15) is 5.11 Å². The number of fused-ring (bicyclic) bond motifs is 3. The van der Waals surface area contributed by atoms with Crippen LogP contribution in [-0.2, 0) is 28.4 Å². The fraction of sp³-hybridized carbons (Fsp3) is 1.00. The van der Waals surface area contributed by atoms with Gasteiger partial charge in [-0.1, -0.05) is 6.92 Å². The molecule has 0 aromatic heterocycles. The van der Waals surface area contributed by atoms with Crippen LogP contribution >= 0.6 is 0 Å². The first kappa shape index (κ1) is 26.9. The second kappa shape index (κ2) is 8.61. The van der Waals surface area contributed by atoms with Crippen LogP contribution in [0.25, 0.3) is 0 Å². The molecule has 6 heterocycles. The summed E-state index contributed by atoms with van der Waals surface area (Å²) in [6.07, 6.45) is 9.93. The van der Waals surface area contributed by atoms with Crippen molar-refractivity contribution in [3.8, 4) is 0 Å². The van der Waals surface area contributed by atoms with E-state index in [0.29, 0.717) is 0 Å². The van der Waals surface area contributed by atoms with E-state index in [1.165, 1.54) is 0 Å². The highest BCUT2D eigenvalue weighted by Crippen LogP contribution is 2.59. The second-order valence-corrected chi connectivity index (χ2v) is 14.6. The lowest BCUT2D eigenvalue weighted by atomic mass is 9.87. The Bertz CT molecular complexity index is 895. The van der Waals surface area contributed by atoms with Crippen LogP contribution < -0.4 is 0 Å². The fourth-order valence-corrected chi connectivity index (χ4v) is 8.48. The average Bonchev–Trinajstić information content (AvgIpc) is 3.63. The quantitative estimate of drug-likeness (QED) is 0.542. The molecule has 6 aliphatic rings. The van der Waals surface area contributed by atoms with Gasteiger partial charge in [0.1, 0.15) is 5.60 Å². The first-order chi connectivity index (χ1) is 17.3. The number of hydrogen-bond donors (Lipinski definition) is 1. The molecule has 2 unspecified atom stereocenters. The SMILES string of the molecule is CC(CO)[C@@H]1CC[C@](C)([C@H]2CC[C@@](C)(C3CC[C@@H]([C@]4(C)CC[C@@]5(OC(C)(C)[C@H]6CC[C@]5(C)O6)O4)O3)O2)O1. The molecule has 6 fully saturated rings. The lowest BCUT2D eigenvalue weighted by molar-refractivity contribution is -0.407. The van der Waals surface area contributed by atoms with Crippen LogP contribution in [0.1, 0.15) is 113 Å². The Morgan fingerprint density at radius 1 is 0.649 bits per heavy atom. The number of rotatable bonds is 5. The predicted molar refractivity (Wildman–Crippen MR) is 138 cm³/mol. The fourth-order valence-electron chi connectivity index (χ4n) is 8.48. The number of hydrogen-bond acceptors (Lipinski definition) is 7. The molecule has 0 amide bonds. The molecule has 11 atom stereocenters. The highest BCUT2D eigenvalue weighted by molar-refractivity contribution is 5.13. The van der Waals surface area contributed by atoms with Crippen LogP contribution in [-0.4, -0.2) is 76.0 Å². The largest absolute Gasteiger partial charge is 0.396 e. The van der Waals surface area contributed by atoms with E-state index in [1.54, 1.807) is 0 Å². The van der Waals surface area contributed by atoms with Crippen molar-refractivity contribution in [2.45, 2.75) is 177 Å². The van der Waals surface area contributed by atoms with Crippen LogP contribution in [0.5, 0.6) is 0 Å². The van der Waals surface area contributed by atoms with Crippen molar-refractivity contribution in [3.63, 3.8) is 0 Å². The monoisotopic (exact) mass is 522 g/mol. The average molecular weight is 523 g/mol. The molecule has 1 spiro atoms. The molecule has 6 rings (SSSR count). The molecule has 37 heavy (non-hydrogen) atoms. The van der Waals surface area contributed by atoms with Crippen LogP contribution in [0.4, 0.5) is 0 Å². The minimum atomic E-state index is -0.713. The van der Waals surface area contributed by atoms with Gasteiger partial charge >= 0.3 is 0 Å². The third-order valence-corrected chi connectivity index (χ3v) is 11.3. The first-order valence-corrected chi connectivity index (χ1v) is 15.0. The van der Waals surface area contributed by atoms with Gasteiger partial charge < -0.3 is 33.5 Å². The van der Waals surface area contributed by atoms with E-state index in [1.807, 2.05) is 0 Å². The molecule has 0 saturated carbocycles. The maximum atomic E-state index is 9.59. The normalized spacial score (nSPS) is 55.9. The highest BCUT2D eigenvalue weighted by atomic mass is 16.8. The van der Waals surface area contributed by atoms with Gasteiger partial charge in [-0.3, -0.25) is 0 Å². The molecule has 212 valence electrons. The van der Waals surface area contributed by atoms with E-state index < -0.39 is 17.0 Å². The molecule has 0 radical (unpaired) electrons. The van der Waals surface area contributed by atoms with E-state index in [-0.39, 0.29) is 59.8 Å². The minimum absolute atomic E-state index is 0.0129.